The number of nitrogens with zero attached hydrogens (tertiary/aromatic N) is 1. The molecule has 0 spiro atoms. The fourth-order valence-corrected chi connectivity index (χ4v) is 3.47. The molecule has 4 rings (SSSR count). The number of aromatic amines is 1. The molecular formula is C21H18ClN3. The first-order valence-corrected chi connectivity index (χ1v) is 8.59. The van der Waals surface area contributed by atoms with Crippen LogP contribution in [0.15, 0.2) is 73.1 Å². The maximum atomic E-state index is 6.17. The third-order valence-electron chi connectivity index (χ3n) is 4.39. The molecule has 1 atom stereocenters. The van der Waals surface area contributed by atoms with Gasteiger partial charge < -0.3 is 10.3 Å². The second-order valence-electron chi connectivity index (χ2n) is 6.08. The van der Waals surface area contributed by atoms with Crippen molar-refractivity contribution in [1.82, 2.24) is 9.97 Å². The molecule has 2 heterocycles. The number of nitrogens with one attached hydrogen (secondary N) is 2. The van der Waals surface area contributed by atoms with Gasteiger partial charge in [-0.15, -0.1) is 0 Å². The third kappa shape index (κ3) is 3.11. The molecule has 124 valence electrons. The molecule has 4 aromatic rings. The SMILES string of the molecule is Cc1[nH]c2ccccc2c1C(Nc1cccc(Cl)c1)c1cccnc1. The van der Waals surface area contributed by atoms with Crippen LogP contribution in [0.4, 0.5) is 5.69 Å². The average molecular weight is 348 g/mol. The minimum atomic E-state index is -0.0247. The molecule has 25 heavy (non-hydrogen) atoms. The molecule has 0 saturated carbocycles. The first-order valence-electron chi connectivity index (χ1n) is 8.21. The van der Waals surface area contributed by atoms with Crippen molar-refractivity contribution < 1.29 is 0 Å². The van der Waals surface area contributed by atoms with Crippen LogP contribution >= 0.6 is 11.6 Å². The van der Waals surface area contributed by atoms with Gasteiger partial charge in [-0.05, 0) is 42.8 Å². The number of hydrogen-bond donors (Lipinski definition) is 2. The molecule has 0 saturated heterocycles. The van der Waals surface area contributed by atoms with Gasteiger partial charge >= 0.3 is 0 Å². The van der Waals surface area contributed by atoms with E-state index in [9.17, 15) is 0 Å². The summed E-state index contributed by atoms with van der Waals surface area (Å²) in [6, 6.07) is 20.2. The Hall–Kier alpha value is -2.78. The minimum absolute atomic E-state index is 0.0247. The van der Waals surface area contributed by atoms with Gasteiger partial charge in [0.1, 0.15) is 0 Å². The average Bonchev–Trinajstić information content (AvgIpc) is 2.96. The number of halogens is 1. The van der Waals surface area contributed by atoms with Gasteiger partial charge in [0.05, 0.1) is 6.04 Å². The van der Waals surface area contributed by atoms with Crippen LogP contribution in [-0.4, -0.2) is 9.97 Å². The van der Waals surface area contributed by atoms with Crippen molar-refractivity contribution in [3.63, 3.8) is 0 Å². The van der Waals surface area contributed by atoms with Crippen molar-refractivity contribution >= 4 is 28.2 Å². The van der Waals surface area contributed by atoms with Crippen molar-refractivity contribution in [2.45, 2.75) is 13.0 Å². The van der Waals surface area contributed by atoms with E-state index < -0.39 is 0 Å². The fraction of sp³-hybridized carbons (Fsp3) is 0.0952. The number of fused-ring (bicyclic) bond motifs is 1. The van der Waals surface area contributed by atoms with Crippen molar-refractivity contribution in [2.75, 3.05) is 5.32 Å². The number of para-hydroxylation sites is 1. The molecule has 1 unspecified atom stereocenters. The lowest BCUT2D eigenvalue weighted by Gasteiger charge is -2.21. The van der Waals surface area contributed by atoms with Gasteiger partial charge in [0, 0.05) is 45.3 Å². The van der Waals surface area contributed by atoms with E-state index in [1.54, 1.807) is 6.20 Å². The van der Waals surface area contributed by atoms with Crippen molar-refractivity contribution in [3.8, 4) is 0 Å². The van der Waals surface area contributed by atoms with E-state index in [2.05, 4.69) is 46.5 Å². The molecule has 0 aliphatic heterocycles. The Morgan fingerprint density at radius 3 is 2.72 bits per heavy atom. The van der Waals surface area contributed by atoms with Crippen LogP contribution in [0.3, 0.4) is 0 Å². The minimum Gasteiger partial charge on any atom is -0.374 e. The topological polar surface area (TPSA) is 40.7 Å². The third-order valence-corrected chi connectivity index (χ3v) is 4.62. The highest BCUT2D eigenvalue weighted by molar-refractivity contribution is 6.30. The standard InChI is InChI=1S/C21H18ClN3/c1-14-20(18-9-2-3-10-19(18)24-14)21(15-6-5-11-23-13-15)25-17-8-4-7-16(22)12-17/h2-13,21,24-25H,1H3. The normalized spacial score (nSPS) is 12.2. The Bertz CT molecular complexity index is 1010. The van der Waals surface area contributed by atoms with E-state index in [4.69, 9.17) is 11.6 Å². The number of aromatic nitrogens is 2. The van der Waals surface area contributed by atoms with Crippen LogP contribution in [-0.2, 0) is 0 Å². The van der Waals surface area contributed by atoms with Gasteiger partial charge in [0.25, 0.3) is 0 Å². The summed E-state index contributed by atoms with van der Waals surface area (Å²) in [6.07, 6.45) is 3.70. The van der Waals surface area contributed by atoms with Crippen LogP contribution < -0.4 is 5.32 Å². The number of pyridine rings is 1. The lowest BCUT2D eigenvalue weighted by molar-refractivity contribution is 0.923. The first-order chi connectivity index (χ1) is 12.2. The summed E-state index contributed by atoms with van der Waals surface area (Å²) in [4.78, 5) is 7.80. The maximum Gasteiger partial charge on any atom is 0.0805 e. The van der Waals surface area contributed by atoms with Gasteiger partial charge in [-0.1, -0.05) is 41.9 Å². The maximum absolute atomic E-state index is 6.17. The zero-order valence-electron chi connectivity index (χ0n) is 13.8. The van der Waals surface area contributed by atoms with E-state index >= 15 is 0 Å². The molecule has 2 N–H and O–H groups in total. The molecule has 4 heteroatoms. The smallest absolute Gasteiger partial charge is 0.0805 e. The van der Waals surface area contributed by atoms with E-state index in [1.165, 1.54) is 10.9 Å². The Morgan fingerprint density at radius 1 is 1.04 bits per heavy atom. The zero-order valence-corrected chi connectivity index (χ0v) is 14.6. The van der Waals surface area contributed by atoms with Crippen molar-refractivity contribution in [3.05, 3.63) is 94.9 Å². The number of aryl methyl sites for hydroxylation is 1. The molecule has 3 nitrogen and oxygen atoms in total. The molecule has 0 radical (unpaired) electrons. The number of hydrogen-bond acceptors (Lipinski definition) is 2. The molecule has 0 aliphatic carbocycles. The van der Waals surface area contributed by atoms with Gasteiger partial charge in [0.2, 0.25) is 0 Å². The molecule has 0 bridgehead atoms. The zero-order chi connectivity index (χ0) is 17.2. The molecule has 0 amide bonds. The monoisotopic (exact) mass is 347 g/mol. The van der Waals surface area contributed by atoms with Crippen molar-refractivity contribution in [2.24, 2.45) is 0 Å². The number of H-pyrrole nitrogens is 1. The Labute approximate surface area is 151 Å². The fourth-order valence-electron chi connectivity index (χ4n) is 3.28. The lowest BCUT2D eigenvalue weighted by atomic mass is 9.97. The van der Waals surface area contributed by atoms with Gasteiger partial charge in [-0.2, -0.15) is 0 Å². The van der Waals surface area contributed by atoms with Gasteiger partial charge in [-0.3, -0.25) is 4.98 Å². The quantitative estimate of drug-likeness (QED) is 0.495. The van der Waals surface area contributed by atoms with E-state index in [0.29, 0.717) is 5.02 Å². The Balaban J connectivity index is 1.87. The van der Waals surface area contributed by atoms with E-state index in [-0.39, 0.29) is 6.04 Å². The highest BCUT2D eigenvalue weighted by Gasteiger charge is 2.21. The molecule has 2 aromatic heterocycles. The van der Waals surface area contributed by atoms with E-state index in [0.717, 1.165) is 22.5 Å². The number of benzene rings is 2. The highest BCUT2D eigenvalue weighted by atomic mass is 35.5. The molecule has 0 fully saturated rings. The summed E-state index contributed by atoms with van der Waals surface area (Å²) in [5.74, 6) is 0. The summed E-state index contributed by atoms with van der Waals surface area (Å²) in [7, 11) is 0. The lowest BCUT2D eigenvalue weighted by Crippen LogP contribution is -2.13. The van der Waals surface area contributed by atoms with Crippen LogP contribution in [0, 0.1) is 6.92 Å². The summed E-state index contributed by atoms with van der Waals surface area (Å²) in [5, 5.41) is 5.55. The summed E-state index contributed by atoms with van der Waals surface area (Å²) in [5.41, 5.74) is 5.59. The predicted octanol–water partition coefficient (Wildman–Crippen LogP) is 5.73. The summed E-state index contributed by atoms with van der Waals surface area (Å²) >= 11 is 6.17. The molecule has 0 aliphatic rings. The first kappa shape index (κ1) is 15.7. The van der Waals surface area contributed by atoms with Crippen molar-refractivity contribution in [1.29, 1.82) is 0 Å². The summed E-state index contributed by atoms with van der Waals surface area (Å²) in [6.45, 7) is 2.11. The Kier molecular flexibility index (Phi) is 4.16. The van der Waals surface area contributed by atoms with Crippen LogP contribution in [0.5, 0.6) is 0 Å². The predicted molar refractivity (Wildman–Crippen MR) is 104 cm³/mol. The highest BCUT2D eigenvalue weighted by Crippen LogP contribution is 2.34. The second-order valence-corrected chi connectivity index (χ2v) is 6.52. The second kappa shape index (κ2) is 6.61. The molecular weight excluding hydrogens is 330 g/mol. The largest absolute Gasteiger partial charge is 0.374 e. The number of anilines is 1. The molecule has 2 aromatic carbocycles. The van der Waals surface area contributed by atoms with Gasteiger partial charge in [0.15, 0.2) is 0 Å². The van der Waals surface area contributed by atoms with Crippen LogP contribution in [0.1, 0.15) is 22.9 Å². The van der Waals surface area contributed by atoms with Crippen LogP contribution in [0.25, 0.3) is 10.9 Å². The number of rotatable bonds is 4. The Morgan fingerprint density at radius 2 is 1.92 bits per heavy atom. The van der Waals surface area contributed by atoms with Crippen LogP contribution in [0.2, 0.25) is 5.02 Å². The van der Waals surface area contributed by atoms with Gasteiger partial charge in [-0.25, -0.2) is 0 Å². The van der Waals surface area contributed by atoms with E-state index in [1.807, 2.05) is 42.6 Å². The summed E-state index contributed by atoms with van der Waals surface area (Å²) < 4.78 is 0.